The number of carbonyl (C=O) groups excluding carboxylic acids is 2. The van der Waals surface area contributed by atoms with E-state index >= 15 is 0 Å². The van der Waals surface area contributed by atoms with Crippen LogP contribution in [0.15, 0.2) is 72.8 Å². The first-order valence-corrected chi connectivity index (χ1v) is 17.4. The van der Waals surface area contributed by atoms with Gasteiger partial charge in [0.05, 0.1) is 51.8 Å². The van der Waals surface area contributed by atoms with Crippen LogP contribution in [0.25, 0.3) is 0 Å². The van der Waals surface area contributed by atoms with Gasteiger partial charge in [-0.15, -0.1) is 0 Å². The smallest absolute Gasteiger partial charge is 0.239 e. The van der Waals surface area contributed by atoms with Crippen LogP contribution in [0, 0.1) is 5.92 Å². The van der Waals surface area contributed by atoms with Crippen molar-refractivity contribution >= 4 is 11.8 Å². The normalized spacial score (nSPS) is 18.1. The van der Waals surface area contributed by atoms with Crippen LogP contribution in [-0.4, -0.2) is 93.2 Å². The highest BCUT2D eigenvalue weighted by Gasteiger charge is 2.40. The molecule has 1 unspecified atom stereocenters. The number of piperidine rings is 1. The van der Waals surface area contributed by atoms with Crippen molar-refractivity contribution in [3.63, 3.8) is 0 Å². The number of rotatable bonds is 19. The monoisotopic (exact) mass is 691 g/mol. The lowest BCUT2D eigenvalue weighted by molar-refractivity contribution is -0.144. The second-order valence-corrected chi connectivity index (χ2v) is 12.8. The number of nitrogens with one attached hydrogen (secondary N) is 1. The quantitative estimate of drug-likeness (QED) is 0.159. The summed E-state index contributed by atoms with van der Waals surface area (Å²) in [6.45, 7) is 8.30. The average molecular weight is 692 g/mol. The van der Waals surface area contributed by atoms with Crippen LogP contribution in [0.5, 0.6) is 17.2 Å². The first-order chi connectivity index (χ1) is 24.2. The lowest BCUT2D eigenvalue weighted by atomic mass is 9.84. The highest BCUT2D eigenvalue weighted by atomic mass is 16.5. The number of aliphatic hydroxyl groups is 1. The fourth-order valence-electron chi connectivity index (χ4n) is 5.98. The third-order valence-corrected chi connectivity index (χ3v) is 8.77. The van der Waals surface area contributed by atoms with E-state index in [0.717, 1.165) is 34.6 Å². The van der Waals surface area contributed by atoms with Crippen molar-refractivity contribution < 1.29 is 38.4 Å². The van der Waals surface area contributed by atoms with Gasteiger partial charge in [0.15, 0.2) is 0 Å². The summed E-state index contributed by atoms with van der Waals surface area (Å²) >= 11 is 0. The van der Waals surface area contributed by atoms with Crippen molar-refractivity contribution in [3.8, 4) is 17.2 Å². The van der Waals surface area contributed by atoms with Gasteiger partial charge in [0.1, 0.15) is 23.9 Å². The third-order valence-electron chi connectivity index (χ3n) is 8.77. The number of nitrogens with two attached hydrogens (primary N) is 1. The first kappa shape index (κ1) is 38.6. The Labute approximate surface area is 296 Å². The second kappa shape index (κ2) is 19.9. The van der Waals surface area contributed by atoms with Crippen molar-refractivity contribution in [2.45, 2.75) is 64.4 Å². The zero-order valence-corrected chi connectivity index (χ0v) is 29.7. The number of aliphatic hydroxyl groups excluding tert-OH is 1. The molecule has 0 bridgehead atoms. The fraction of sp³-hybridized carbons (Fsp3) is 0.487. The first-order valence-electron chi connectivity index (χ1n) is 17.4. The van der Waals surface area contributed by atoms with E-state index in [9.17, 15) is 14.7 Å². The Hall–Kier alpha value is -4.16. The van der Waals surface area contributed by atoms with E-state index in [1.165, 1.54) is 6.92 Å². The Morgan fingerprint density at radius 1 is 0.900 bits per heavy atom. The maximum Gasteiger partial charge on any atom is 0.239 e. The molecule has 272 valence electrons. The molecule has 0 aromatic heterocycles. The van der Waals surface area contributed by atoms with Crippen molar-refractivity contribution in [2.24, 2.45) is 11.7 Å². The van der Waals surface area contributed by atoms with Crippen molar-refractivity contribution in [1.82, 2.24) is 10.2 Å². The molecule has 1 fully saturated rings. The summed E-state index contributed by atoms with van der Waals surface area (Å²) in [5.74, 6) is 1.55. The summed E-state index contributed by atoms with van der Waals surface area (Å²) in [5, 5.41) is 14.2. The summed E-state index contributed by atoms with van der Waals surface area (Å²) in [4.78, 5) is 26.1. The Morgan fingerprint density at radius 3 is 2.30 bits per heavy atom. The van der Waals surface area contributed by atoms with E-state index in [2.05, 4.69) is 5.32 Å². The SMILES string of the molecule is COc1ccccc1COCCCOc1ccc([C@H]2[C@H](O)CN(C(=O)C(N)C(C)C)C[C@@H]2OCCOc2ccccc2CCNC(C)=O)cc1. The third kappa shape index (κ3) is 11.4. The van der Waals surface area contributed by atoms with Crippen LogP contribution in [0.2, 0.25) is 0 Å². The van der Waals surface area contributed by atoms with E-state index in [4.69, 9.17) is 29.4 Å². The van der Waals surface area contributed by atoms with Gasteiger partial charge in [0.25, 0.3) is 0 Å². The van der Waals surface area contributed by atoms with Crippen molar-refractivity contribution in [2.75, 3.05) is 53.2 Å². The van der Waals surface area contributed by atoms with E-state index < -0.39 is 18.2 Å². The summed E-state index contributed by atoms with van der Waals surface area (Å²) in [6, 6.07) is 22.5. The zero-order chi connectivity index (χ0) is 35.9. The van der Waals surface area contributed by atoms with Gasteiger partial charge in [0, 0.05) is 44.5 Å². The molecule has 4 rings (SSSR count). The Balaban J connectivity index is 1.33. The number of nitrogens with zero attached hydrogens (tertiary/aromatic N) is 1. The van der Waals surface area contributed by atoms with E-state index in [1.807, 2.05) is 86.6 Å². The summed E-state index contributed by atoms with van der Waals surface area (Å²) in [5.41, 5.74) is 9.09. The minimum absolute atomic E-state index is 0.0395. The van der Waals surface area contributed by atoms with Crippen LogP contribution in [0.4, 0.5) is 0 Å². The number of carbonyl (C=O) groups is 2. The summed E-state index contributed by atoms with van der Waals surface area (Å²) < 4.78 is 29.6. The number of benzene rings is 3. The topological polar surface area (TPSA) is 142 Å². The molecule has 3 aromatic carbocycles. The molecule has 0 radical (unpaired) electrons. The Morgan fingerprint density at radius 2 is 1.60 bits per heavy atom. The largest absolute Gasteiger partial charge is 0.496 e. The molecule has 1 saturated heterocycles. The van der Waals surface area contributed by atoms with Gasteiger partial charge in [-0.1, -0.05) is 62.4 Å². The molecule has 50 heavy (non-hydrogen) atoms. The van der Waals surface area contributed by atoms with E-state index in [0.29, 0.717) is 45.1 Å². The van der Waals surface area contributed by atoms with Gasteiger partial charge in [-0.2, -0.15) is 0 Å². The molecule has 11 nitrogen and oxygen atoms in total. The number of likely N-dealkylation sites (tertiary alicyclic amines) is 1. The summed E-state index contributed by atoms with van der Waals surface area (Å²) in [7, 11) is 1.65. The number of hydrogen-bond donors (Lipinski definition) is 3. The molecule has 3 aromatic rings. The van der Waals surface area contributed by atoms with Crippen LogP contribution in [0.3, 0.4) is 0 Å². The number of ether oxygens (including phenoxy) is 5. The molecule has 11 heteroatoms. The molecular weight excluding hydrogens is 638 g/mol. The molecule has 2 amide bonds. The molecule has 1 aliphatic rings. The molecule has 1 heterocycles. The van der Waals surface area contributed by atoms with Crippen LogP contribution < -0.4 is 25.3 Å². The maximum atomic E-state index is 13.2. The Bertz CT molecular complexity index is 1480. The maximum absolute atomic E-state index is 13.2. The molecule has 0 saturated carbocycles. The van der Waals surface area contributed by atoms with Gasteiger partial charge in [-0.05, 0) is 47.7 Å². The number of hydrogen-bond acceptors (Lipinski definition) is 9. The number of amides is 2. The molecule has 4 N–H and O–H groups in total. The predicted molar refractivity (Wildman–Crippen MR) is 191 cm³/mol. The van der Waals surface area contributed by atoms with Gasteiger partial charge in [-0.25, -0.2) is 0 Å². The lowest BCUT2D eigenvalue weighted by Gasteiger charge is -2.42. The molecule has 1 aliphatic heterocycles. The predicted octanol–water partition coefficient (Wildman–Crippen LogP) is 4.09. The van der Waals surface area contributed by atoms with Crippen LogP contribution >= 0.6 is 0 Å². The fourth-order valence-corrected chi connectivity index (χ4v) is 5.98. The van der Waals surface area contributed by atoms with Crippen LogP contribution in [0.1, 0.15) is 49.8 Å². The number of para-hydroxylation sites is 2. The lowest BCUT2D eigenvalue weighted by Crippen LogP contribution is -2.57. The van der Waals surface area contributed by atoms with Gasteiger partial charge >= 0.3 is 0 Å². The molecule has 0 spiro atoms. The average Bonchev–Trinajstić information content (AvgIpc) is 3.11. The highest BCUT2D eigenvalue weighted by Crippen LogP contribution is 2.33. The van der Waals surface area contributed by atoms with E-state index in [-0.39, 0.29) is 43.4 Å². The number of β-amino-alcohol motifs (C(OH)–C–C–N with tert-alkyl or cyclic N) is 1. The summed E-state index contributed by atoms with van der Waals surface area (Å²) in [6.07, 6.45) is 0.00339. The van der Waals surface area contributed by atoms with Gasteiger partial charge < -0.3 is 44.7 Å². The number of methoxy groups -OCH3 is 1. The standard InChI is InChI=1S/C39H53N3O8/c1-27(2)38(40)39(45)42-24-33(44)37(36(25-42)50-23-22-49-35-13-8-5-10-29(35)18-19-41-28(3)43)30-14-16-32(17-15-30)48-21-9-20-47-26-31-11-6-7-12-34(31)46-4/h5-8,10-17,27,33,36-38,44H,9,18-26,40H2,1-4H3,(H,41,43)/t33-,36+,37+,38?/m1/s1. The van der Waals surface area contributed by atoms with Crippen molar-refractivity contribution in [1.29, 1.82) is 0 Å². The van der Waals surface area contributed by atoms with Crippen LogP contribution in [-0.2, 0) is 32.1 Å². The minimum Gasteiger partial charge on any atom is -0.496 e. The molecule has 0 aliphatic carbocycles. The van der Waals surface area contributed by atoms with E-state index in [1.54, 1.807) is 12.0 Å². The van der Waals surface area contributed by atoms with Gasteiger partial charge in [0.2, 0.25) is 11.8 Å². The Kier molecular flexibility index (Phi) is 15.4. The van der Waals surface area contributed by atoms with Gasteiger partial charge in [-0.3, -0.25) is 9.59 Å². The molecular formula is C39H53N3O8. The highest BCUT2D eigenvalue weighted by molar-refractivity contribution is 5.82. The van der Waals surface area contributed by atoms with Crippen molar-refractivity contribution in [3.05, 3.63) is 89.5 Å². The zero-order valence-electron chi connectivity index (χ0n) is 29.7. The molecule has 4 atom stereocenters. The minimum atomic E-state index is -0.861. The second-order valence-electron chi connectivity index (χ2n) is 12.8.